The molecule has 0 amide bonds. The third kappa shape index (κ3) is 6.82. The lowest BCUT2D eigenvalue weighted by Crippen LogP contribution is -2.18. The van der Waals surface area contributed by atoms with Gasteiger partial charge in [0.05, 0.1) is 7.11 Å². The van der Waals surface area contributed by atoms with Gasteiger partial charge in [-0.05, 0) is 44.0 Å². The molecular formula is C15H23NO3. The van der Waals surface area contributed by atoms with E-state index in [2.05, 4.69) is 11.4 Å². The zero-order chi connectivity index (χ0) is 13.9. The number of para-hydroxylation sites is 1. The van der Waals surface area contributed by atoms with Crippen molar-refractivity contribution in [3.05, 3.63) is 29.8 Å². The number of unbranched alkanes of at least 4 members (excludes halogenated alkanes) is 2. The van der Waals surface area contributed by atoms with Gasteiger partial charge in [-0.15, -0.1) is 0 Å². The molecular weight excluding hydrogens is 242 g/mol. The van der Waals surface area contributed by atoms with E-state index in [-0.39, 0.29) is 6.42 Å². The van der Waals surface area contributed by atoms with Crippen molar-refractivity contribution < 1.29 is 14.6 Å². The second kappa shape index (κ2) is 9.39. The van der Waals surface area contributed by atoms with Gasteiger partial charge in [-0.1, -0.05) is 24.6 Å². The van der Waals surface area contributed by atoms with Crippen molar-refractivity contribution in [1.29, 1.82) is 0 Å². The monoisotopic (exact) mass is 265 g/mol. The number of rotatable bonds is 10. The molecule has 1 rings (SSSR count). The number of hydrogen-bond acceptors (Lipinski definition) is 3. The molecule has 0 aliphatic carbocycles. The second-order valence-electron chi connectivity index (χ2n) is 4.52. The topological polar surface area (TPSA) is 58.6 Å². The number of carboxylic acid groups (broad SMARTS) is 1. The zero-order valence-corrected chi connectivity index (χ0v) is 11.5. The molecule has 0 atom stereocenters. The predicted octanol–water partition coefficient (Wildman–Crippen LogP) is 2.47. The lowest BCUT2D eigenvalue weighted by Gasteiger charge is -2.08. The van der Waals surface area contributed by atoms with E-state index >= 15 is 0 Å². The summed E-state index contributed by atoms with van der Waals surface area (Å²) in [5.74, 6) is 0.231. The molecule has 0 fully saturated rings. The first-order chi connectivity index (χ1) is 9.24. The van der Waals surface area contributed by atoms with Gasteiger partial charge in [-0.2, -0.15) is 0 Å². The number of carboxylic acids is 1. The van der Waals surface area contributed by atoms with Gasteiger partial charge in [0.25, 0.3) is 0 Å². The Labute approximate surface area is 114 Å². The first-order valence-electron chi connectivity index (χ1n) is 6.78. The molecule has 0 aromatic heterocycles. The Morgan fingerprint density at radius 3 is 2.74 bits per heavy atom. The SMILES string of the molecule is COc1ccccc1CCNCCCCCC(=O)O. The molecule has 1 aromatic carbocycles. The molecule has 0 saturated heterocycles. The minimum atomic E-state index is -0.705. The molecule has 1 aromatic rings. The largest absolute Gasteiger partial charge is 0.496 e. The highest BCUT2D eigenvalue weighted by molar-refractivity contribution is 5.66. The molecule has 0 saturated carbocycles. The third-order valence-electron chi connectivity index (χ3n) is 3.01. The molecule has 0 aliphatic heterocycles. The molecule has 19 heavy (non-hydrogen) atoms. The summed E-state index contributed by atoms with van der Waals surface area (Å²) in [6.45, 7) is 1.86. The van der Waals surface area contributed by atoms with Crippen molar-refractivity contribution in [3.63, 3.8) is 0 Å². The minimum Gasteiger partial charge on any atom is -0.496 e. The van der Waals surface area contributed by atoms with Crippen molar-refractivity contribution in [1.82, 2.24) is 5.32 Å². The van der Waals surface area contributed by atoms with Gasteiger partial charge in [0.2, 0.25) is 0 Å². The third-order valence-corrected chi connectivity index (χ3v) is 3.01. The zero-order valence-electron chi connectivity index (χ0n) is 11.5. The van der Waals surface area contributed by atoms with E-state index in [0.29, 0.717) is 0 Å². The first kappa shape index (κ1) is 15.5. The maximum atomic E-state index is 10.3. The molecule has 0 radical (unpaired) electrons. The van der Waals surface area contributed by atoms with Gasteiger partial charge in [0.1, 0.15) is 5.75 Å². The van der Waals surface area contributed by atoms with Crippen LogP contribution in [0.2, 0.25) is 0 Å². The van der Waals surface area contributed by atoms with Crippen LogP contribution >= 0.6 is 0 Å². The smallest absolute Gasteiger partial charge is 0.303 e. The average molecular weight is 265 g/mol. The molecule has 0 unspecified atom stereocenters. The summed E-state index contributed by atoms with van der Waals surface area (Å²) in [5.41, 5.74) is 1.21. The number of ether oxygens (including phenoxy) is 1. The van der Waals surface area contributed by atoms with Crippen molar-refractivity contribution in [2.24, 2.45) is 0 Å². The van der Waals surface area contributed by atoms with Gasteiger partial charge < -0.3 is 15.2 Å². The van der Waals surface area contributed by atoms with Crippen LogP contribution in [0, 0.1) is 0 Å². The summed E-state index contributed by atoms with van der Waals surface area (Å²) >= 11 is 0. The molecule has 2 N–H and O–H groups in total. The van der Waals surface area contributed by atoms with Gasteiger partial charge in [-0.25, -0.2) is 0 Å². The van der Waals surface area contributed by atoms with Gasteiger partial charge >= 0.3 is 5.97 Å². The van der Waals surface area contributed by atoms with Crippen LogP contribution in [0.3, 0.4) is 0 Å². The van der Waals surface area contributed by atoms with Crippen molar-refractivity contribution in [3.8, 4) is 5.75 Å². The summed E-state index contributed by atoms with van der Waals surface area (Å²) in [6.07, 6.45) is 3.98. The number of benzene rings is 1. The average Bonchev–Trinajstić information content (AvgIpc) is 2.42. The number of hydrogen-bond donors (Lipinski definition) is 2. The fourth-order valence-corrected chi connectivity index (χ4v) is 1.96. The summed E-state index contributed by atoms with van der Waals surface area (Å²) in [7, 11) is 1.69. The van der Waals surface area contributed by atoms with Crippen LogP contribution in [0.5, 0.6) is 5.75 Å². The van der Waals surface area contributed by atoms with Crippen LogP contribution in [0.1, 0.15) is 31.2 Å². The van der Waals surface area contributed by atoms with E-state index in [4.69, 9.17) is 9.84 Å². The molecule has 0 heterocycles. The first-order valence-corrected chi connectivity index (χ1v) is 6.78. The molecule has 0 bridgehead atoms. The summed E-state index contributed by atoms with van der Waals surface area (Å²) in [6, 6.07) is 8.04. The number of nitrogens with one attached hydrogen (secondary N) is 1. The van der Waals surface area contributed by atoms with E-state index in [1.807, 2.05) is 18.2 Å². The fourth-order valence-electron chi connectivity index (χ4n) is 1.96. The van der Waals surface area contributed by atoms with Gasteiger partial charge in [-0.3, -0.25) is 4.79 Å². The Bertz CT molecular complexity index is 379. The summed E-state index contributed by atoms with van der Waals surface area (Å²) in [5, 5.41) is 11.9. The van der Waals surface area contributed by atoms with E-state index in [9.17, 15) is 4.79 Å². The van der Waals surface area contributed by atoms with Crippen LogP contribution < -0.4 is 10.1 Å². The summed E-state index contributed by atoms with van der Waals surface area (Å²) in [4.78, 5) is 10.3. The Kier molecular flexibility index (Phi) is 7.66. The van der Waals surface area contributed by atoms with Gasteiger partial charge in [0.15, 0.2) is 0 Å². The van der Waals surface area contributed by atoms with Crippen molar-refractivity contribution in [2.45, 2.75) is 32.1 Å². The Balaban J connectivity index is 2.06. The van der Waals surface area contributed by atoms with E-state index in [0.717, 1.165) is 44.5 Å². The molecule has 0 spiro atoms. The van der Waals surface area contributed by atoms with Crippen molar-refractivity contribution in [2.75, 3.05) is 20.2 Å². The number of methoxy groups -OCH3 is 1. The van der Waals surface area contributed by atoms with Crippen LogP contribution in [0.15, 0.2) is 24.3 Å². The highest BCUT2D eigenvalue weighted by Gasteiger charge is 2.00. The minimum absolute atomic E-state index is 0.279. The van der Waals surface area contributed by atoms with Crippen LogP contribution in [0.25, 0.3) is 0 Å². The lowest BCUT2D eigenvalue weighted by molar-refractivity contribution is -0.137. The lowest BCUT2D eigenvalue weighted by atomic mass is 10.1. The number of aliphatic carboxylic acids is 1. The highest BCUT2D eigenvalue weighted by Crippen LogP contribution is 2.17. The molecule has 4 heteroatoms. The van der Waals surface area contributed by atoms with Crippen LogP contribution in [-0.4, -0.2) is 31.3 Å². The standard InChI is InChI=1S/C15H23NO3/c1-19-14-8-5-4-7-13(14)10-12-16-11-6-2-3-9-15(17)18/h4-5,7-8,16H,2-3,6,9-12H2,1H3,(H,17,18). The highest BCUT2D eigenvalue weighted by atomic mass is 16.5. The summed E-state index contributed by atoms with van der Waals surface area (Å²) < 4.78 is 5.29. The van der Waals surface area contributed by atoms with Crippen molar-refractivity contribution >= 4 is 5.97 Å². The fraction of sp³-hybridized carbons (Fsp3) is 0.533. The molecule has 4 nitrogen and oxygen atoms in total. The maximum Gasteiger partial charge on any atom is 0.303 e. The van der Waals surface area contributed by atoms with E-state index in [1.165, 1.54) is 5.56 Å². The van der Waals surface area contributed by atoms with Crippen LogP contribution in [0.4, 0.5) is 0 Å². The molecule has 0 aliphatic rings. The van der Waals surface area contributed by atoms with Gasteiger partial charge in [0, 0.05) is 6.42 Å². The Morgan fingerprint density at radius 1 is 1.21 bits per heavy atom. The Morgan fingerprint density at radius 2 is 2.00 bits per heavy atom. The maximum absolute atomic E-state index is 10.3. The molecule has 106 valence electrons. The van der Waals surface area contributed by atoms with Crippen LogP contribution in [-0.2, 0) is 11.2 Å². The Hall–Kier alpha value is -1.55. The second-order valence-corrected chi connectivity index (χ2v) is 4.52. The normalized spacial score (nSPS) is 10.4. The number of carbonyl (C=O) groups is 1. The van der Waals surface area contributed by atoms with E-state index in [1.54, 1.807) is 7.11 Å². The quantitative estimate of drug-likeness (QED) is 0.638. The predicted molar refractivity (Wildman–Crippen MR) is 75.7 cm³/mol. The van der Waals surface area contributed by atoms with E-state index < -0.39 is 5.97 Å².